The lowest BCUT2D eigenvalue weighted by Crippen LogP contribution is -2.24. The van der Waals surface area contributed by atoms with Crippen molar-refractivity contribution < 1.29 is 0 Å². The van der Waals surface area contributed by atoms with Crippen LogP contribution in [0.25, 0.3) is 0 Å². The van der Waals surface area contributed by atoms with Crippen LogP contribution in [0.5, 0.6) is 0 Å². The highest BCUT2D eigenvalue weighted by molar-refractivity contribution is 5.46. The third-order valence-electron chi connectivity index (χ3n) is 2.90. The summed E-state index contributed by atoms with van der Waals surface area (Å²) in [5.74, 6) is 0.741. The number of aromatic nitrogens is 4. The molecule has 1 aromatic carbocycles. The smallest absolute Gasteiger partial charge is 0.188 e. The summed E-state index contributed by atoms with van der Waals surface area (Å²) in [5, 5.41) is 12.1. The van der Waals surface area contributed by atoms with E-state index in [2.05, 4.69) is 33.3 Å². The summed E-state index contributed by atoms with van der Waals surface area (Å²) < 4.78 is 0. The van der Waals surface area contributed by atoms with E-state index in [1.807, 2.05) is 18.2 Å². The van der Waals surface area contributed by atoms with E-state index in [1.165, 1.54) is 4.80 Å². The summed E-state index contributed by atoms with van der Waals surface area (Å²) in [5.41, 5.74) is 7.96. The van der Waals surface area contributed by atoms with Gasteiger partial charge in [-0.25, -0.2) is 0 Å². The maximum absolute atomic E-state index is 5.99. The van der Waals surface area contributed by atoms with Crippen molar-refractivity contribution in [2.75, 3.05) is 12.3 Å². The highest BCUT2D eigenvalue weighted by Crippen LogP contribution is 2.14. The Morgan fingerprint density at radius 3 is 2.68 bits per heavy atom. The van der Waals surface area contributed by atoms with Crippen molar-refractivity contribution in [2.24, 2.45) is 7.05 Å². The maximum atomic E-state index is 5.99. The minimum Gasteiger partial charge on any atom is -0.398 e. The molecular formula is C13H20N6. The SMILES string of the molecule is CCCN(Cc1nnn(C)n1)Cc1ccccc1N. The van der Waals surface area contributed by atoms with E-state index in [0.29, 0.717) is 6.54 Å². The molecule has 2 N–H and O–H groups in total. The van der Waals surface area contributed by atoms with E-state index in [9.17, 15) is 0 Å². The minimum absolute atomic E-state index is 0.690. The molecule has 2 aromatic rings. The van der Waals surface area contributed by atoms with Crippen LogP contribution in [0.4, 0.5) is 5.69 Å². The molecule has 2 rings (SSSR count). The lowest BCUT2D eigenvalue weighted by molar-refractivity contribution is 0.251. The molecule has 0 saturated carbocycles. The standard InChI is InChI=1S/C13H20N6/c1-3-8-19(10-13-15-17-18(2)16-13)9-11-6-4-5-7-12(11)14/h4-7H,3,8-10,14H2,1-2H3. The van der Waals surface area contributed by atoms with Crippen molar-refractivity contribution in [2.45, 2.75) is 26.4 Å². The Morgan fingerprint density at radius 1 is 1.26 bits per heavy atom. The predicted octanol–water partition coefficient (Wildman–Crippen LogP) is 1.20. The number of hydrogen-bond acceptors (Lipinski definition) is 5. The summed E-state index contributed by atoms with van der Waals surface area (Å²) in [6.45, 7) is 4.63. The van der Waals surface area contributed by atoms with Crippen molar-refractivity contribution in [1.29, 1.82) is 0 Å². The molecule has 0 bridgehead atoms. The Bertz CT molecular complexity index is 521. The second-order valence-electron chi connectivity index (χ2n) is 4.60. The van der Waals surface area contributed by atoms with Crippen LogP contribution >= 0.6 is 0 Å². The van der Waals surface area contributed by atoms with Gasteiger partial charge in [0, 0.05) is 12.2 Å². The van der Waals surface area contributed by atoms with Gasteiger partial charge in [-0.05, 0) is 29.8 Å². The quantitative estimate of drug-likeness (QED) is 0.790. The molecule has 0 aliphatic heterocycles. The highest BCUT2D eigenvalue weighted by atomic mass is 15.6. The van der Waals surface area contributed by atoms with Crippen LogP contribution in [0.3, 0.4) is 0 Å². The lowest BCUT2D eigenvalue weighted by Gasteiger charge is -2.20. The molecule has 0 atom stereocenters. The number of benzene rings is 1. The van der Waals surface area contributed by atoms with Crippen molar-refractivity contribution in [3.8, 4) is 0 Å². The Labute approximate surface area is 113 Å². The molecule has 102 valence electrons. The van der Waals surface area contributed by atoms with Gasteiger partial charge in [-0.15, -0.1) is 10.2 Å². The fourth-order valence-corrected chi connectivity index (χ4v) is 2.04. The number of aryl methyl sites for hydroxylation is 1. The molecule has 0 saturated heterocycles. The molecule has 1 heterocycles. The molecule has 0 aliphatic rings. The summed E-state index contributed by atoms with van der Waals surface area (Å²) in [6, 6.07) is 7.95. The van der Waals surface area contributed by atoms with E-state index < -0.39 is 0 Å². The molecular weight excluding hydrogens is 240 g/mol. The van der Waals surface area contributed by atoms with Crippen LogP contribution in [0, 0.1) is 0 Å². The molecule has 6 nitrogen and oxygen atoms in total. The first-order valence-corrected chi connectivity index (χ1v) is 6.47. The van der Waals surface area contributed by atoms with Gasteiger partial charge in [0.1, 0.15) is 0 Å². The monoisotopic (exact) mass is 260 g/mol. The highest BCUT2D eigenvalue weighted by Gasteiger charge is 2.11. The number of hydrogen-bond donors (Lipinski definition) is 1. The topological polar surface area (TPSA) is 72.9 Å². The second kappa shape index (κ2) is 6.29. The fourth-order valence-electron chi connectivity index (χ4n) is 2.04. The van der Waals surface area contributed by atoms with Crippen molar-refractivity contribution in [1.82, 2.24) is 25.1 Å². The summed E-state index contributed by atoms with van der Waals surface area (Å²) in [6.07, 6.45) is 1.08. The Balaban J connectivity index is 2.06. The van der Waals surface area contributed by atoms with Gasteiger partial charge < -0.3 is 5.73 Å². The molecule has 0 amide bonds. The number of tetrazole rings is 1. The molecule has 6 heteroatoms. The summed E-state index contributed by atoms with van der Waals surface area (Å²) >= 11 is 0. The normalized spacial score (nSPS) is 11.1. The van der Waals surface area contributed by atoms with Crippen molar-refractivity contribution in [3.05, 3.63) is 35.7 Å². The average Bonchev–Trinajstić information content (AvgIpc) is 2.78. The van der Waals surface area contributed by atoms with Crippen LogP contribution in [0.1, 0.15) is 24.7 Å². The molecule has 0 unspecified atom stereocenters. The molecule has 0 aliphatic carbocycles. The fraction of sp³-hybridized carbons (Fsp3) is 0.462. The number of nitrogen functional groups attached to an aromatic ring is 1. The predicted molar refractivity (Wildman–Crippen MR) is 74.1 cm³/mol. The number of para-hydroxylation sites is 1. The molecule has 0 radical (unpaired) electrons. The van der Waals surface area contributed by atoms with E-state index in [0.717, 1.165) is 36.6 Å². The van der Waals surface area contributed by atoms with Crippen LogP contribution < -0.4 is 5.73 Å². The zero-order valence-corrected chi connectivity index (χ0v) is 11.5. The van der Waals surface area contributed by atoms with Gasteiger partial charge in [0.2, 0.25) is 0 Å². The molecule has 19 heavy (non-hydrogen) atoms. The van der Waals surface area contributed by atoms with E-state index >= 15 is 0 Å². The lowest BCUT2D eigenvalue weighted by atomic mass is 10.1. The first-order valence-electron chi connectivity index (χ1n) is 6.47. The Kier molecular flexibility index (Phi) is 4.46. The van der Waals surface area contributed by atoms with Gasteiger partial charge in [-0.1, -0.05) is 25.1 Å². The van der Waals surface area contributed by atoms with E-state index in [1.54, 1.807) is 7.05 Å². The van der Waals surface area contributed by atoms with Crippen LogP contribution in [0.15, 0.2) is 24.3 Å². The summed E-state index contributed by atoms with van der Waals surface area (Å²) in [4.78, 5) is 3.76. The first-order chi connectivity index (χ1) is 9.19. The van der Waals surface area contributed by atoms with Gasteiger partial charge in [0.05, 0.1) is 13.6 Å². The summed E-state index contributed by atoms with van der Waals surface area (Å²) in [7, 11) is 1.77. The number of nitrogens with two attached hydrogens (primary N) is 1. The third kappa shape index (κ3) is 3.75. The molecule has 1 aromatic heterocycles. The number of anilines is 1. The molecule has 0 spiro atoms. The average molecular weight is 260 g/mol. The zero-order valence-electron chi connectivity index (χ0n) is 11.5. The minimum atomic E-state index is 0.690. The van der Waals surface area contributed by atoms with Gasteiger partial charge in [-0.3, -0.25) is 4.90 Å². The molecule has 0 fully saturated rings. The van der Waals surface area contributed by atoms with Gasteiger partial charge in [-0.2, -0.15) is 4.80 Å². The van der Waals surface area contributed by atoms with E-state index in [4.69, 9.17) is 5.73 Å². The number of rotatable bonds is 6. The largest absolute Gasteiger partial charge is 0.398 e. The van der Waals surface area contributed by atoms with E-state index in [-0.39, 0.29) is 0 Å². The maximum Gasteiger partial charge on any atom is 0.188 e. The van der Waals surface area contributed by atoms with Crippen LogP contribution in [0.2, 0.25) is 0 Å². The third-order valence-corrected chi connectivity index (χ3v) is 2.90. The second-order valence-corrected chi connectivity index (χ2v) is 4.60. The van der Waals surface area contributed by atoms with Crippen LogP contribution in [-0.4, -0.2) is 31.7 Å². The number of nitrogens with zero attached hydrogens (tertiary/aromatic N) is 5. The van der Waals surface area contributed by atoms with Crippen LogP contribution in [-0.2, 0) is 20.1 Å². The zero-order chi connectivity index (χ0) is 13.7. The van der Waals surface area contributed by atoms with Gasteiger partial charge in [0.25, 0.3) is 0 Å². The first kappa shape index (κ1) is 13.5. The van der Waals surface area contributed by atoms with Crippen molar-refractivity contribution in [3.63, 3.8) is 0 Å². The Hall–Kier alpha value is -1.95. The van der Waals surface area contributed by atoms with Crippen molar-refractivity contribution >= 4 is 5.69 Å². The van der Waals surface area contributed by atoms with Gasteiger partial charge in [0.15, 0.2) is 5.82 Å². The Morgan fingerprint density at radius 2 is 2.05 bits per heavy atom. The van der Waals surface area contributed by atoms with Gasteiger partial charge >= 0.3 is 0 Å².